The first kappa shape index (κ1) is 26.3. The molecule has 0 aliphatic heterocycles. The van der Waals surface area contributed by atoms with Crippen LogP contribution in [0.5, 0.6) is 5.75 Å². The minimum absolute atomic E-state index is 0. The van der Waals surface area contributed by atoms with Gasteiger partial charge in [-0.1, -0.05) is 60.7 Å². The summed E-state index contributed by atoms with van der Waals surface area (Å²) in [6.45, 7) is 3.37. The maximum atomic E-state index is 12.8. The molecule has 4 aromatic rings. The van der Waals surface area contributed by atoms with Gasteiger partial charge in [-0.3, -0.25) is 4.90 Å². The second-order valence-corrected chi connectivity index (χ2v) is 8.20. The van der Waals surface area contributed by atoms with Crippen molar-refractivity contribution >= 4 is 29.3 Å². The Morgan fingerprint density at radius 2 is 1.71 bits per heavy atom. The number of fused-ring (bicyclic) bond motifs is 1. The fourth-order valence-corrected chi connectivity index (χ4v) is 3.93. The van der Waals surface area contributed by atoms with Gasteiger partial charge in [0.05, 0.1) is 6.61 Å². The van der Waals surface area contributed by atoms with E-state index in [9.17, 15) is 9.90 Å². The molecule has 1 atom stereocenters. The maximum Gasteiger partial charge on any atom is 0.342 e. The summed E-state index contributed by atoms with van der Waals surface area (Å²) in [6.07, 6.45) is -0.668. The quantitative estimate of drug-likeness (QED) is 0.290. The number of aliphatic hydroxyl groups is 1. The Labute approximate surface area is 211 Å². The van der Waals surface area contributed by atoms with Gasteiger partial charge in [-0.2, -0.15) is 0 Å². The van der Waals surface area contributed by atoms with E-state index in [0.717, 1.165) is 12.1 Å². The first-order chi connectivity index (χ1) is 16.5. The van der Waals surface area contributed by atoms with E-state index in [4.69, 9.17) is 13.9 Å². The Bertz CT molecular complexity index is 1230. The van der Waals surface area contributed by atoms with Gasteiger partial charge in [0.2, 0.25) is 0 Å². The third-order valence-electron chi connectivity index (χ3n) is 5.44. The van der Waals surface area contributed by atoms with Gasteiger partial charge in [0.25, 0.3) is 0 Å². The molecule has 1 unspecified atom stereocenters. The molecular formula is C28H30ClNO5. The molecule has 0 aliphatic carbocycles. The lowest BCUT2D eigenvalue weighted by Crippen LogP contribution is -2.32. The highest BCUT2D eigenvalue weighted by Crippen LogP contribution is 2.36. The number of hydrogen-bond donors (Lipinski definition) is 1. The van der Waals surface area contributed by atoms with Gasteiger partial charge in [-0.05, 0) is 37.7 Å². The van der Waals surface area contributed by atoms with Crippen LogP contribution in [0.2, 0.25) is 0 Å². The molecule has 3 aromatic carbocycles. The fraction of sp³-hybridized carbons (Fsp3) is 0.250. The zero-order valence-corrected chi connectivity index (χ0v) is 20.7. The zero-order valence-electron chi connectivity index (χ0n) is 19.8. The smallest absolute Gasteiger partial charge is 0.342 e. The van der Waals surface area contributed by atoms with E-state index in [1.165, 1.54) is 5.56 Å². The predicted molar refractivity (Wildman–Crippen MR) is 139 cm³/mol. The summed E-state index contributed by atoms with van der Waals surface area (Å²) in [4.78, 5) is 14.8. The second-order valence-electron chi connectivity index (χ2n) is 8.20. The Hall–Kier alpha value is -3.32. The van der Waals surface area contributed by atoms with Crippen molar-refractivity contribution in [3.63, 3.8) is 0 Å². The maximum absolute atomic E-state index is 12.8. The molecule has 6 nitrogen and oxygen atoms in total. The number of carbonyl (C=O) groups excluding carboxylic acids is 1. The molecule has 7 heteroatoms. The number of furan rings is 1. The minimum atomic E-state index is -0.668. The number of benzene rings is 3. The Morgan fingerprint density at radius 1 is 1.03 bits per heavy atom. The highest BCUT2D eigenvalue weighted by Gasteiger charge is 2.23. The van der Waals surface area contributed by atoms with E-state index in [1.54, 1.807) is 25.1 Å². The normalized spacial score (nSPS) is 11.8. The van der Waals surface area contributed by atoms with Crippen molar-refractivity contribution in [1.82, 2.24) is 4.90 Å². The van der Waals surface area contributed by atoms with Crippen LogP contribution in [-0.4, -0.2) is 48.9 Å². The van der Waals surface area contributed by atoms with E-state index in [1.807, 2.05) is 60.5 Å². The van der Waals surface area contributed by atoms with Crippen molar-refractivity contribution in [1.29, 1.82) is 0 Å². The number of esters is 1. The topological polar surface area (TPSA) is 72.1 Å². The lowest BCUT2D eigenvalue weighted by molar-refractivity contribution is 0.0528. The fourth-order valence-electron chi connectivity index (χ4n) is 3.93. The molecule has 0 aliphatic rings. The van der Waals surface area contributed by atoms with Gasteiger partial charge in [0, 0.05) is 24.0 Å². The van der Waals surface area contributed by atoms with Crippen LogP contribution in [0, 0.1) is 0 Å². The average Bonchev–Trinajstić information content (AvgIpc) is 3.23. The molecule has 0 bridgehead atoms. The van der Waals surface area contributed by atoms with Crippen LogP contribution < -0.4 is 4.74 Å². The number of ether oxygens (including phenoxy) is 2. The zero-order chi connectivity index (χ0) is 23.9. The SMILES string of the molecule is CCOC(=O)c1c(-c2ccccc2)oc2ccc(OCC(O)CN(C)Cc3ccccc3)cc12.Cl. The first-order valence-corrected chi connectivity index (χ1v) is 11.4. The number of carbonyl (C=O) groups is 1. The summed E-state index contributed by atoms with van der Waals surface area (Å²) >= 11 is 0. The lowest BCUT2D eigenvalue weighted by Gasteiger charge is -2.21. The van der Waals surface area contributed by atoms with Gasteiger partial charge in [0.1, 0.15) is 35.4 Å². The molecule has 0 saturated carbocycles. The van der Waals surface area contributed by atoms with Crippen molar-refractivity contribution < 1.29 is 23.8 Å². The number of nitrogens with zero attached hydrogens (tertiary/aromatic N) is 1. The molecule has 4 rings (SSSR count). The van der Waals surface area contributed by atoms with Crippen LogP contribution in [-0.2, 0) is 11.3 Å². The van der Waals surface area contributed by atoms with E-state index in [0.29, 0.717) is 34.6 Å². The van der Waals surface area contributed by atoms with Crippen molar-refractivity contribution in [3.8, 4) is 17.1 Å². The molecule has 1 N–H and O–H groups in total. The van der Waals surface area contributed by atoms with Crippen LogP contribution in [0.25, 0.3) is 22.3 Å². The molecular weight excluding hydrogens is 466 g/mol. The molecule has 1 heterocycles. The van der Waals surface area contributed by atoms with E-state index in [-0.39, 0.29) is 25.6 Å². The summed E-state index contributed by atoms with van der Waals surface area (Å²) in [6, 6.07) is 24.9. The molecule has 35 heavy (non-hydrogen) atoms. The molecule has 1 aromatic heterocycles. The van der Waals surface area contributed by atoms with Gasteiger partial charge in [0.15, 0.2) is 0 Å². The number of aliphatic hydroxyl groups excluding tert-OH is 1. The largest absolute Gasteiger partial charge is 0.491 e. The molecule has 0 spiro atoms. The number of halogens is 1. The number of rotatable bonds is 10. The Morgan fingerprint density at radius 3 is 2.40 bits per heavy atom. The van der Waals surface area contributed by atoms with Gasteiger partial charge < -0.3 is 19.0 Å². The van der Waals surface area contributed by atoms with E-state index in [2.05, 4.69) is 12.1 Å². The first-order valence-electron chi connectivity index (χ1n) is 11.4. The highest BCUT2D eigenvalue weighted by molar-refractivity contribution is 6.09. The van der Waals surface area contributed by atoms with Crippen molar-refractivity contribution in [2.45, 2.75) is 19.6 Å². The summed E-state index contributed by atoms with van der Waals surface area (Å²) in [7, 11) is 1.96. The number of hydrogen-bond acceptors (Lipinski definition) is 6. The Kier molecular flexibility index (Phi) is 9.32. The van der Waals surface area contributed by atoms with Gasteiger partial charge >= 0.3 is 5.97 Å². The third-order valence-corrected chi connectivity index (χ3v) is 5.44. The minimum Gasteiger partial charge on any atom is -0.491 e. The third kappa shape index (κ3) is 6.63. The summed E-state index contributed by atoms with van der Waals surface area (Å²) in [5, 5.41) is 11.1. The molecule has 184 valence electrons. The van der Waals surface area contributed by atoms with Crippen LogP contribution in [0.3, 0.4) is 0 Å². The van der Waals surface area contributed by atoms with Gasteiger partial charge in [-0.15, -0.1) is 12.4 Å². The second kappa shape index (κ2) is 12.4. The van der Waals surface area contributed by atoms with Crippen LogP contribution in [0.1, 0.15) is 22.8 Å². The van der Waals surface area contributed by atoms with Crippen molar-refractivity contribution in [3.05, 3.63) is 90.0 Å². The average molecular weight is 496 g/mol. The molecule has 0 fully saturated rings. The monoisotopic (exact) mass is 495 g/mol. The summed E-state index contributed by atoms with van der Waals surface area (Å²) in [5.74, 6) is 0.566. The molecule has 0 radical (unpaired) electrons. The van der Waals surface area contributed by atoms with E-state index >= 15 is 0 Å². The van der Waals surface area contributed by atoms with Crippen molar-refractivity contribution in [2.24, 2.45) is 0 Å². The van der Waals surface area contributed by atoms with Crippen molar-refractivity contribution in [2.75, 3.05) is 26.8 Å². The summed E-state index contributed by atoms with van der Waals surface area (Å²) < 4.78 is 17.2. The predicted octanol–water partition coefficient (Wildman–Crippen LogP) is 5.57. The molecule has 0 saturated heterocycles. The van der Waals surface area contributed by atoms with Gasteiger partial charge in [-0.25, -0.2) is 4.79 Å². The lowest BCUT2D eigenvalue weighted by atomic mass is 10.1. The molecule has 0 amide bonds. The van der Waals surface area contributed by atoms with Crippen LogP contribution >= 0.6 is 12.4 Å². The number of likely N-dealkylation sites (N-methyl/N-ethyl adjacent to an activating group) is 1. The Balaban J connectivity index is 0.00000342. The van der Waals surface area contributed by atoms with Crippen LogP contribution in [0.4, 0.5) is 0 Å². The highest BCUT2D eigenvalue weighted by atomic mass is 35.5. The van der Waals surface area contributed by atoms with Crippen LogP contribution in [0.15, 0.2) is 83.3 Å². The standard InChI is InChI=1S/C28H29NO5.ClH/c1-3-32-28(31)26-24-16-23(14-15-25(24)34-27(26)21-12-8-5-9-13-21)33-19-22(30)18-29(2)17-20-10-6-4-7-11-20;/h4-16,22,30H,3,17-19H2,1-2H3;1H. The summed E-state index contributed by atoms with van der Waals surface area (Å²) in [5.41, 5.74) is 2.92. The van der Waals surface area contributed by atoms with E-state index < -0.39 is 12.1 Å².